The number of ether oxygens (including phenoxy) is 1. The Hall–Kier alpha value is -2.17. The van der Waals surface area contributed by atoms with Gasteiger partial charge in [-0.1, -0.05) is 48.0 Å². The molecule has 2 aromatic rings. The van der Waals surface area contributed by atoms with E-state index in [4.69, 9.17) is 4.74 Å². The zero-order chi connectivity index (χ0) is 21.8. The lowest BCUT2D eigenvalue weighted by atomic mass is 9.73. The van der Waals surface area contributed by atoms with Gasteiger partial charge in [-0.2, -0.15) is 0 Å². The highest BCUT2D eigenvalue weighted by Crippen LogP contribution is 2.38. The Balaban J connectivity index is 1.61. The van der Waals surface area contributed by atoms with Gasteiger partial charge in [0.05, 0.1) is 5.41 Å². The van der Waals surface area contributed by atoms with Gasteiger partial charge in [-0.3, -0.25) is 4.79 Å². The van der Waals surface area contributed by atoms with E-state index < -0.39 is 5.41 Å². The van der Waals surface area contributed by atoms with Crippen LogP contribution in [0.1, 0.15) is 42.4 Å². The third-order valence-electron chi connectivity index (χ3n) is 7.20. The van der Waals surface area contributed by atoms with Gasteiger partial charge in [0.25, 0.3) is 0 Å². The molecule has 2 heterocycles. The van der Waals surface area contributed by atoms with E-state index in [0.717, 1.165) is 45.2 Å². The Morgan fingerprint density at radius 3 is 2.48 bits per heavy atom. The van der Waals surface area contributed by atoms with Crippen LogP contribution < -0.4 is 5.32 Å². The van der Waals surface area contributed by atoms with Gasteiger partial charge in [0, 0.05) is 19.3 Å². The second kappa shape index (κ2) is 9.54. The largest absolute Gasteiger partial charge is 0.381 e. The summed E-state index contributed by atoms with van der Waals surface area (Å²) >= 11 is 0. The SMILES string of the molecule is Cc1ccc(-c2ccccc2CC2(C(=O)NC3CCN(C)CC3)CCOCC2)c(C)c1. The highest BCUT2D eigenvalue weighted by Gasteiger charge is 2.41. The summed E-state index contributed by atoms with van der Waals surface area (Å²) in [5.74, 6) is 0.223. The summed E-state index contributed by atoms with van der Waals surface area (Å²) in [6.45, 7) is 7.73. The number of nitrogens with zero attached hydrogens (tertiary/aromatic N) is 1. The Morgan fingerprint density at radius 1 is 1.06 bits per heavy atom. The van der Waals surface area contributed by atoms with Gasteiger partial charge < -0.3 is 15.0 Å². The van der Waals surface area contributed by atoms with Crippen LogP contribution in [0.25, 0.3) is 11.1 Å². The number of nitrogens with one attached hydrogen (secondary N) is 1. The van der Waals surface area contributed by atoms with Crippen molar-refractivity contribution in [3.63, 3.8) is 0 Å². The molecule has 0 atom stereocenters. The van der Waals surface area contributed by atoms with E-state index in [1.54, 1.807) is 0 Å². The van der Waals surface area contributed by atoms with E-state index in [1.807, 2.05) is 0 Å². The zero-order valence-corrected chi connectivity index (χ0v) is 19.2. The minimum absolute atomic E-state index is 0.223. The summed E-state index contributed by atoms with van der Waals surface area (Å²) < 4.78 is 5.68. The van der Waals surface area contributed by atoms with Crippen molar-refractivity contribution in [3.8, 4) is 11.1 Å². The first-order chi connectivity index (χ1) is 15.0. The van der Waals surface area contributed by atoms with Crippen LogP contribution in [0.5, 0.6) is 0 Å². The van der Waals surface area contributed by atoms with Crippen molar-refractivity contribution in [2.24, 2.45) is 5.41 Å². The van der Waals surface area contributed by atoms with Crippen LogP contribution in [0, 0.1) is 19.3 Å². The number of aryl methyl sites for hydroxylation is 2. The van der Waals surface area contributed by atoms with Crippen molar-refractivity contribution in [2.75, 3.05) is 33.4 Å². The van der Waals surface area contributed by atoms with Gasteiger partial charge in [0.1, 0.15) is 0 Å². The lowest BCUT2D eigenvalue weighted by Crippen LogP contribution is -2.51. The van der Waals surface area contributed by atoms with E-state index in [9.17, 15) is 4.79 Å². The molecule has 2 aromatic carbocycles. The average Bonchev–Trinajstić information content (AvgIpc) is 2.77. The van der Waals surface area contributed by atoms with Crippen LogP contribution in [-0.2, 0) is 16.0 Å². The van der Waals surface area contributed by atoms with Crippen LogP contribution in [0.4, 0.5) is 0 Å². The molecule has 1 N–H and O–H groups in total. The van der Waals surface area contributed by atoms with Crippen molar-refractivity contribution < 1.29 is 9.53 Å². The Bertz CT molecular complexity index is 909. The molecular formula is C27H36N2O2. The summed E-state index contributed by atoms with van der Waals surface area (Å²) in [7, 11) is 2.15. The molecule has 166 valence electrons. The third kappa shape index (κ3) is 5.02. The number of piperidine rings is 1. The van der Waals surface area contributed by atoms with E-state index >= 15 is 0 Å². The van der Waals surface area contributed by atoms with Crippen molar-refractivity contribution in [1.82, 2.24) is 10.2 Å². The second-order valence-corrected chi connectivity index (χ2v) is 9.60. The van der Waals surface area contributed by atoms with Crippen LogP contribution in [0.2, 0.25) is 0 Å². The third-order valence-corrected chi connectivity index (χ3v) is 7.20. The molecule has 2 fully saturated rings. The van der Waals surface area contributed by atoms with Gasteiger partial charge in [-0.15, -0.1) is 0 Å². The lowest BCUT2D eigenvalue weighted by molar-refractivity contribution is -0.137. The van der Waals surface area contributed by atoms with E-state index in [2.05, 4.69) is 73.6 Å². The molecule has 2 aliphatic heterocycles. The van der Waals surface area contributed by atoms with Crippen molar-refractivity contribution in [2.45, 2.75) is 52.0 Å². The molecule has 0 radical (unpaired) electrons. The van der Waals surface area contributed by atoms with E-state index in [1.165, 1.54) is 27.8 Å². The van der Waals surface area contributed by atoms with Gasteiger partial charge in [-0.25, -0.2) is 0 Å². The normalized spacial score (nSPS) is 19.8. The molecule has 0 saturated carbocycles. The van der Waals surface area contributed by atoms with Crippen molar-refractivity contribution >= 4 is 5.91 Å². The van der Waals surface area contributed by atoms with Gasteiger partial charge >= 0.3 is 0 Å². The predicted octanol–water partition coefficient (Wildman–Crippen LogP) is 4.52. The summed E-state index contributed by atoms with van der Waals surface area (Å²) in [6, 6.07) is 15.5. The number of likely N-dealkylation sites (tertiary alicyclic amines) is 1. The standard InChI is InChI=1S/C27H36N2O2/c1-20-8-9-24(21(2)18-20)25-7-5-4-6-22(25)19-27(12-16-31-17-13-27)26(30)28-23-10-14-29(3)15-11-23/h4-9,18,23H,10-17,19H2,1-3H3,(H,28,30). The van der Waals surface area contributed by atoms with Crippen LogP contribution in [0.15, 0.2) is 42.5 Å². The van der Waals surface area contributed by atoms with Crippen molar-refractivity contribution in [1.29, 1.82) is 0 Å². The minimum Gasteiger partial charge on any atom is -0.381 e. The molecule has 4 nitrogen and oxygen atoms in total. The molecule has 0 aromatic heterocycles. The predicted molar refractivity (Wildman–Crippen MR) is 126 cm³/mol. The average molecular weight is 421 g/mol. The van der Waals surface area contributed by atoms with Crippen molar-refractivity contribution in [3.05, 3.63) is 59.2 Å². The zero-order valence-electron chi connectivity index (χ0n) is 19.2. The molecule has 1 amide bonds. The lowest BCUT2D eigenvalue weighted by Gasteiger charge is -2.39. The first-order valence-corrected chi connectivity index (χ1v) is 11.7. The fraction of sp³-hybridized carbons (Fsp3) is 0.519. The number of rotatable bonds is 5. The molecule has 4 heteroatoms. The summed E-state index contributed by atoms with van der Waals surface area (Å²) in [5.41, 5.74) is 5.93. The van der Waals surface area contributed by atoms with Gasteiger partial charge in [0.15, 0.2) is 0 Å². The highest BCUT2D eigenvalue weighted by molar-refractivity contribution is 5.84. The maximum Gasteiger partial charge on any atom is 0.226 e. The van der Waals surface area contributed by atoms with E-state index in [0.29, 0.717) is 13.2 Å². The first-order valence-electron chi connectivity index (χ1n) is 11.7. The van der Waals surface area contributed by atoms with Gasteiger partial charge in [-0.05, 0) is 88.3 Å². The molecule has 2 aliphatic rings. The molecule has 2 saturated heterocycles. The fourth-order valence-corrected chi connectivity index (χ4v) is 5.16. The molecule has 0 aliphatic carbocycles. The quantitative estimate of drug-likeness (QED) is 0.773. The topological polar surface area (TPSA) is 41.6 Å². The molecule has 0 bridgehead atoms. The number of carbonyl (C=O) groups is 1. The Kier molecular flexibility index (Phi) is 6.78. The van der Waals surface area contributed by atoms with Gasteiger partial charge in [0.2, 0.25) is 5.91 Å². The van der Waals surface area contributed by atoms with E-state index in [-0.39, 0.29) is 11.9 Å². The molecule has 0 spiro atoms. The number of benzene rings is 2. The maximum absolute atomic E-state index is 13.7. The Labute approximate surface area is 187 Å². The number of carbonyl (C=O) groups excluding carboxylic acids is 1. The molecule has 4 rings (SSSR count). The highest BCUT2D eigenvalue weighted by atomic mass is 16.5. The maximum atomic E-state index is 13.7. The number of hydrogen-bond acceptors (Lipinski definition) is 3. The summed E-state index contributed by atoms with van der Waals surface area (Å²) in [4.78, 5) is 16.0. The summed E-state index contributed by atoms with van der Waals surface area (Å²) in [6.07, 6.45) is 4.40. The molecular weight excluding hydrogens is 384 g/mol. The molecule has 0 unspecified atom stereocenters. The monoisotopic (exact) mass is 420 g/mol. The number of hydrogen-bond donors (Lipinski definition) is 1. The minimum atomic E-state index is -0.393. The van der Waals surface area contributed by atoms with Crippen LogP contribution >= 0.6 is 0 Å². The number of amides is 1. The Morgan fingerprint density at radius 2 is 1.77 bits per heavy atom. The van der Waals surface area contributed by atoms with Crippen LogP contribution in [-0.4, -0.2) is 50.2 Å². The summed E-state index contributed by atoms with van der Waals surface area (Å²) in [5, 5.41) is 3.43. The second-order valence-electron chi connectivity index (χ2n) is 9.60. The fourth-order valence-electron chi connectivity index (χ4n) is 5.16. The molecule has 31 heavy (non-hydrogen) atoms. The first kappa shape index (κ1) is 22.0. The van der Waals surface area contributed by atoms with Crippen LogP contribution in [0.3, 0.4) is 0 Å². The smallest absolute Gasteiger partial charge is 0.226 e.